The van der Waals surface area contributed by atoms with Crippen LogP contribution in [0.25, 0.3) is 0 Å². The third kappa shape index (κ3) is 6.06. The number of hydrogen-bond donors (Lipinski definition) is 0. The molecular formula is C18H22ClF2NO2S. The first-order chi connectivity index (χ1) is 11.6. The highest BCUT2D eigenvalue weighted by Crippen LogP contribution is 2.19. The molecule has 0 aromatic heterocycles. The summed E-state index contributed by atoms with van der Waals surface area (Å²) in [6.45, 7) is 7.06. The number of alkyl halides is 1. The lowest BCUT2D eigenvalue weighted by molar-refractivity contribution is 0.390. The molecule has 1 aromatic carbocycles. The van der Waals surface area contributed by atoms with Gasteiger partial charge >= 0.3 is 0 Å². The Morgan fingerprint density at radius 3 is 2.32 bits per heavy atom. The van der Waals surface area contributed by atoms with Gasteiger partial charge in [0.1, 0.15) is 11.6 Å². The van der Waals surface area contributed by atoms with Crippen LogP contribution in [0.5, 0.6) is 0 Å². The minimum absolute atomic E-state index is 0.0864. The summed E-state index contributed by atoms with van der Waals surface area (Å²) in [5, 5.41) is 0. The van der Waals surface area contributed by atoms with Crippen LogP contribution in [0.4, 0.5) is 8.78 Å². The molecular weight excluding hydrogens is 368 g/mol. The van der Waals surface area contributed by atoms with Crippen LogP contribution in [0.1, 0.15) is 19.4 Å². The van der Waals surface area contributed by atoms with E-state index in [1.165, 1.54) is 25.3 Å². The van der Waals surface area contributed by atoms with Gasteiger partial charge in [0.25, 0.3) is 0 Å². The minimum Gasteiger partial charge on any atom is -0.207 e. The second kappa shape index (κ2) is 9.27. The first kappa shape index (κ1) is 21.5. The van der Waals surface area contributed by atoms with E-state index in [0.717, 1.165) is 15.9 Å². The Hall–Kier alpha value is -1.50. The SMILES string of the molecule is C=C(/C=C\C(=C/C)CCl)S(=O)(=O)N(C)C(C)Cc1cc(F)cc(F)c1. The zero-order chi connectivity index (χ0) is 19.2. The van der Waals surface area contributed by atoms with Gasteiger partial charge < -0.3 is 0 Å². The molecule has 0 amide bonds. The van der Waals surface area contributed by atoms with E-state index in [1.54, 1.807) is 26.0 Å². The first-order valence-corrected chi connectivity index (χ1v) is 9.60. The third-order valence-corrected chi connectivity index (χ3v) is 6.02. The van der Waals surface area contributed by atoms with Crippen LogP contribution in [-0.4, -0.2) is 31.7 Å². The monoisotopic (exact) mass is 389 g/mol. The fourth-order valence-corrected chi connectivity index (χ4v) is 3.53. The van der Waals surface area contributed by atoms with E-state index in [0.29, 0.717) is 5.56 Å². The van der Waals surface area contributed by atoms with Gasteiger partial charge in [0.05, 0.1) is 4.91 Å². The van der Waals surface area contributed by atoms with Crippen molar-refractivity contribution in [2.45, 2.75) is 26.3 Å². The second-order valence-corrected chi connectivity index (χ2v) is 7.97. The van der Waals surface area contributed by atoms with Crippen LogP contribution in [0, 0.1) is 11.6 Å². The van der Waals surface area contributed by atoms with E-state index in [-0.39, 0.29) is 17.2 Å². The summed E-state index contributed by atoms with van der Waals surface area (Å²) in [5.74, 6) is -1.13. The van der Waals surface area contributed by atoms with E-state index in [9.17, 15) is 17.2 Å². The number of likely N-dealkylation sites (N-methyl/N-ethyl adjacent to an activating group) is 1. The van der Waals surface area contributed by atoms with Crippen molar-refractivity contribution in [3.63, 3.8) is 0 Å². The van der Waals surface area contributed by atoms with Crippen molar-refractivity contribution >= 4 is 21.6 Å². The number of halogens is 3. The zero-order valence-electron chi connectivity index (χ0n) is 14.5. The van der Waals surface area contributed by atoms with Crippen LogP contribution in [-0.2, 0) is 16.4 Å². The van der Waals surface area contributed by atoms with Gasteiger partial charge in [-0.1, -0.05) is 18.7 Å². The maximum Gasteiger partial charge on any atom is 0.242 e. The molecule has 1 rings (SSSR count). The lowest BCUT2D eigenvalue weighted by Gasteiger charge is -2.24. The molecule has 0 saturated heterocycles. The quantitative estimate of drug-likeness (QED) is 0.487. The van der Waals surface area contributed by atoms with Crippen LogP contribution in [0.2, 0.25) is 0 Å². The Bertz CT molecular complexity index is 768. The van der Waals surface area contributed by atoms with Gasteiger partial charge in [-0.15, -0.1) is 11.6 Å². The molecule has 0 N–H and O–H groups in total. The largest absolute Gasteiger partial charge is 0.242 e. The number of rotatable bonds is 8. The maximum atomic E-state index is 13.3. The highest BCUT2D eigenvalue weighted by Gasteiger charge is 2.25. The normalized spacial score (nSPS) is 14.3. The predicted octanol–water partition coefficient (Wildman–Crippen LogP) is 4.41. The molecule has 0 spiro atoms. The summed E-state index contributed by atoms with van der Waals surface area (Å²) in [7, 11) is -2.39. The van der Waals surface area contributed by atoms with E-state index in [4.69, 9.17) is 11.6 Å². The molecule has 1 aromatic rings. The molecule has 0 radical (unpaired) electrons. The van der Waals surface area contributed by atoms with Crippen molar-refractivity contribution in [1.82, 2.24) is 4.31 Å². The summed E-state index contributed by atoms with van der Waals surface area (Å²) in [6.07, 6.45) is 4.92. The van der Waals surface area contributed by atoms with Crippen LogP contribution >= 0.6 is 11.6 Å². The Balaban J connectivity index is 2.91. The molecule has 0 bridgehead atoms. The van der Waals surface area contributed by atoms with Crippen LogP contribution in [0.15, 0.2) is 53.5 Å². The average Bonchev–Trinajstić information content (AvgIpc) is 2.53. The molecule has 0 aliphatic rings. The number of allylic oxidation sites excluding steroid dienone is 4. The molecule has 0 aliphatic carbocycles. The van der Waals surface area contributed by atoms with Gasteiger partial charge in [-0.05, 0) is 49.6 Å². The maximum absolute atomic E-state index is 13.3. The fourth-order valence-electron chi connectivity index (χ4n) is 2.12. The Morgan fingerprint density at radius 2 is 1.84 bits per heavy atom. The molecule has 0 aliphatic heterocycles. The molecule has 0 fully saturated rings. The molecule has 7 heteroatoms. The zero-order valence-corrected chi connectivity index (χ0v) is 16.0. The van der Waals surface area contributed by atoms with Gasteiger partial charge in [0.2, 0.25) is 10.0 Å². The van der Waals surface area contributed by atoms with Crippen molar-refractivity contribution in [2.75, 3.05) is 12.9 Å². The number of benzene rings is 1. The molecule has 138 valence electrons. The number of nitrogens with zero attached hydrogens (tertiary/aromatic N) is 1. The van der Waals surface area contributed by atoms with E-state index in [1.807, 2.05) is 0 Å². The summed E-state index contributed by atoms with van der Waals surface area (Å²) in [5.41, 5.74) is 1.15. The van der Waals surface area contributed by atoms with Gasteiger partial charge in [0.15, 0.2) is 0 Å². The lowest BCUT2D eigenvalue weighted by atomic mass is 10.1. The average molecular weight is 390 g/mol. The summed E-state index contributed by atoms with van der Waals surface area (Å²) in [6, 6.07) is 2.64. The molecule has 25 heavy (non-hydrogen) atoms. The van der Waals surface area contributed by atoms with Gasteiger partial charge in [-0.2, -0.15) is 4.31 Å². The van der Waals surface area contributed by atoms with Gasteiger partial charge in [-0.3, -0.25) is 0 Å². The van der Waals surface area contributed by atoms with Gasteiger partial charge in [-0.25, -0.2) is 17.2 Å². The Morgan fingerprint density at radius 1 is 1.28 bits per heavy atom. The first-order valence-electron chi connectivity index (χ1n) is 7.63. The Kier molecular flexibility index (Phi) is 7.99. The molecule has 1 unspecified atom stereocenters. The lowest BCUT2D eigenvalue weighted by Crippen LogP contribution is -2.36. The van der Waals surface area contributed by atoms with E-state index >= 15 is 0 Å². The summed E-state index contributed by atoms with van der Waals surface area (Å²) < 4.78 is 52.8. The van der Waals surface area contributed by atoms with E-state index in [2.05, 4.69) is 6.58 Å². The summed E-state index contributed by atoms with van der Waals surface area (Å²) >= 11 is 5.72. The number of hydrogen-bond acceptors (Lipinski definition) is 2. The predicted molar refractivity (Wildman–Crippen MR) is 99.0 cm³/mol. The number of sulfonamides is 1. The van der Waals surface area contributed by atoms with Crippen LogP contribution < -0.4 is 0 Å². The smallest absolute Gasteiger partial charge is 0.207 e. The topological polar surface area (TPSA) is 37.4 Å². The minimum atomic E-state index is -3.80. The van der Waals surface area contributed by atoms with Crippen molar-refractivity contribution in [3.05, 3.63) is 70.7 Å². The van der Waals surface area contributed by atoms with Gasteiger partial charge in [0, 0.05) is 25.0 Å². The standard InChI is InChI=1S/C18H22ClF2NO2S/c1-5-15(12-19)7-6-14(3)25(23,24)22(4)13(2)8-16-9-17(20)11-18(21)10-16/h5-7,9-11,13H,3,8,12H2,1-2,4H3/b7-6-,15-5+. The molecule has 3 nitrogen and oxygen atoms in total. The van der Waals surface area contributed by atoms with Crippen molar-refractivity contribution in [1.29, 1.82) is 0 Å². The third-order valence-electron chi connectivity index (χ3n) is 3.79. The summed E-state index contributed by atoms with van der Waals surface area (Å²) in [4.78, 5) is -0.0864. The van der Waals surface area contributed by atoms with Crippen molar-refractivity contribution in [2.24, 2.45) is 0 Å². The molecule has 0 heterocycles. The Labute approximate surface area is 153 Å². The van der Waals surface area contributed by atoms with E-state index < -0.39 is 27.7 Å². The van der Waals surface area contributed by atoms with Crippen molar-refractivity contribution in [3.8, 4) is 0 Å². The molecule has 0 saturated carbocycles. The second-order valence-electron chi connectivity index (χ2n) is 5.65. The highest BCUT2D eigenvalue weighted by molar-refractivity contribution is 7.93. The van der Waals surface area contributed by atoms with Crippen LogP contribution in [0.3, 0.4) is 0 Å². The van der Waals surface area contributed by atoms with Crippen molar-refractivity contribution < 1.29 is 17.2 Å². The fraction of sp³-hybridized carbons (Fsp3) is 0.333. The highest BCUT2D eigenvalue weighted by atomic mass is 35.5. The molecule has 1 atom stereocenters.